The van der Waals surface area contributed by atoms with Gasteiger partial charge in [-0.05, 0) is 39.3 Å². The number of nitrogens with zero attached hydrogens (tertiary/aromatic N) is 1. The van der Waals surface area contributed by atoms with E-state index < -0.39 is 0 Å². The fourth-order valence-corrected chi connectivity index (χ4v) is 3.11. The first-order valence-corrected chi connectivity index (χ1v) is 8.18. The second kappa shape index (κ2) is 8.92. The monoisotopic (exact) mass is 254 g/mol. The predicted octanol–water partition coefficient (Wildman–Crippen LogP) is 3.94. The number of nitrogens with two attached hydrogens (primary N) is 1. The highest BCUT2D eigenvalue weighted by molar-refractivity contribution is 4.88. The summed E-state index contributed by atoms with van der Waals surface area (Å²) in [5.41, 5.74) is 6.35. The molecule has 108 valence electrons. The molecule has 0 radical (unpaired) electrons. The van der Waals surface area contributed by atoms with Crippen LogP contribution in [0.5, 0.6) is 0 Å². The average Bonchev–Trinajstić information content (AvgIpc) is 2.67. The van der Waals surface area contributed by atoms with Crippen LogP contribution in [-0.2, 0) is 0 Å². The summed E-state index contributed by atoms with van der Waals surface area (Å²) in [5, 5.41) is 0. The van der Waals surface area contributed by atoms with Crippen LogP contribution in [0, 0.1) is 0 Å². The minimum Gasteiger partial charge on any atom is -0.329 e. The van der Waals surface area contributed by atoms with Crippen LogP contribution in [0.4, 0.5) is 0 Å². The summed E-state index contributed by atoms with van der Waals surface area (Å²) in [5.74, 6) is 0. The zero-order valence-corrected chi connectivity index (χ0v) is 12.7. The summed E-state index contributed by atoms with van der Waals surface area (Å²) >= 11 is 0. The molecule has 1 atom stereocenters. The molecule has 1 heterocycles. The third-order valence-electron chi connectivity index (χ3n) is 4.63. The van der Waals surface area contributed by atoms with Crippen molar-refractivity contribution in [3.05, 3.63) is 0 Å². The molecule has 0 spiro atoms. The van der Waals surface area contributed by atoms with Crippen LogP contribution in [0.1, 0.15) is 78.1 Å². The molecule has 18 heavy (non-hydrogen) atoms. The van der Waals surface area contributed by atoms with Crippen molar-refractivity contribution < 1.29 is 0 Å². The molecule has 2 nitrogen and oxygen atoms in total. The Hall–Kier alpha value is -0.0800. The Morgan fingerprint density at radius 1 is 0.944 bits per heavy atom. The molecule has 1 saturated heterocycles. The van der Waals surface area contributed by atoms with Crippen molar-refractivity contribution in [1.29, 1.82) is 0 Å². The van der Waals surface area contributed by atoms with E-state index in [-0.39, 0.29) is 5.54 Å². The van der Waals surface area contributed by atoms with Gasteiger partial charge >= 0.3 is 0 Å². The Balaban J connectivity index is 2.34. The fourth-order valence-electron chi connectivity index (χ4n) is 3.11. The summed E-state index contributed by atoms with van der Waals surface area (Å²) < 4.78 is 0. The fraction of sp³-hybridized carbons (Fsp3) is 1.00. The van der Waals surface area contributed by atoms with Crippen molar-refractivity contribution in [3.63, 3.8) is 0 Å². The minimum atomic E-state index is 0.260. The van der Waals surface area contributed by atoms with Crippen molar-refractivity contribution in [2.75, 3.05) is 19.6 Å². The van der Waals surface area contributed by atoms with E-state index in [0.717, 1.165) is 6.54 Å². The molecule has 0 aromatic carbocycles. The Labute approximate surface area is 114 Å². The number of likely N-dealkylation sites (tertiary alicyclic amines) is 1. The van der Waals surface area contributed by atoms with Crippen molar-refractivity contribution in [2.24, 2.45) is 5.73 Å². The molecular formula is C16H34N2. The maximum atomic E-state index is 6.09. The van der Waals surface area contributed by atoms with Gasteiger partial charge in [0.15, 0.2) is 0 Å². The lowest BCUT2D eigenvalue weighted by Crippen LogP contribution is -2.52. The second-order valence-corrected chi connectivity index (χ2v) is 6.27. The van der Waals surface area contributed by atoms with Gasteiger partial charge in [0.25, 0.3) is 0 Å². The zero-order chi connectivity index (χ0) is 13.3. The van der Waals surface area contributed by atoms with Gasteiger partial charge in [-0.2, -0.15) is 0 Å². The lowest BCUT2D eigenvalue weighted by Gasteiger charge is -2.40. The minimum absolute atomic E-state index is 0.260. The van der Waals surface area contributed by atoms with Gasteiger partial charge in [0.1, 0.15) is 0 Å². The van der Waals surface area contributed by atoms with Gasteiger partial charge < -0.3 is 5.73 Å². The Kier molecular flexibility index (Phi) is 7.92. The van der Waals surface area contributed by atoms with Crippen molar-refractivity contribution in [1.82, 2.24) is 4.90 Å². The Bertz CT molecular complexity index is 197. The lowest BCUT2D eigenvalue weighted by atomic mass is 9.91. The molecule has 0 aromatic heterocycles. The van der Waals surface area contributed by atoms with Crippen molar-refractivity contribution >= 4 is 0 Å². The molecule has 0 aromatic rings. The van der Waals surface area contributed by atoms with E-state index in [0.29, 0.717) is 0 Å². The molecule has 1 aliphatic heterocycles. The van der Waals surface area contributed by atoms with Gasteiger partial charge in [-0.1, -0.05) is 51.9 Å². The molecule has 1 aliphatic rings. The number of rotatable bonds is 8. The average molecular weight is 254 g/mol. The highest BCUT2D eigenvalue weighted by Crippen LogP contribution is 2.25. The first kappa shape index (κ1) is 16.0. The number of hydrogen-bond donors (Lipinski definition) is 1. The van der Waals surface area contributed by atoms with Crippen molar-refractivity contribution in [2.45, 2.75) is 83.6 Å². The van der Waals surface area contributed by atoms with Crippen LogP contribution >= 0.6 is 0 Å². The highest BCUT2D eigenvalue weighted by Gasteiger charge is 2.29. The van der Waals surface area contributed by atoms with Gasteiger partial charge in [0, 0.05) is 12.1 Å². The van der Waals surface area contributed by atoms with Crippen molar-refractivity contribution in [3.8, 4) is 0 Å². The van der Waals surface area contributed by atoms with E-state index in [1.807, 2.05) is 0 Å². The topological polar surface area (TPSA) is 29.3 Å². The molecule has 0 saturated carbocycles. The summed E-state index contributed by atoms with van der Waals surface area (Å²) in [6.45, 7) is 8.02. The number of unbranched alkanes of at least 4 members (excludes halogenated alkanes) is 4. The molecule has 1 fully saturated rings. The molecule has 2 heteroatoms. The highest BCUT2D eigenvalue weighted by atomic mass is 15.2. The zero-order valence-electron chi connectivity index (χ0n) is 12.7. The van der Waals surface area contributed by atoms with Gasteiger partial charge in [0.05, 0.1) is 0 Å². The summed E-state index contributed by atoms with van der Waals surface area (Å²) in [6.07, 6.45) is 13.7. The van der Waals surface area contributed by atoms with E-state index in [2.05, 4.69) is 18.7 Å². The van der Waals surface area contributed by atoms with Crippen LogP contribution in [-0.4, -0.2) is 30.1 Å². The van der Waals surface area contributed by atoms with Gasteiger partial charge in [-0.25, -0.2) is 0 Å². The second-order valence-electron chi connectivity index (χ2n) is 6.27. The molecule has 0 aliphatic carbocycles. The van der Waals surface area contributed by atoms with Crippen LogP contribution in [0.3, 0.4) is 0 Å². The Morgan fingerprint density at radius 3 is 2.11 bits per heavy atom. The summed E-state index contributed by atoms with van der Waals surface area (Å²) in [6, 6.07) is 0. The molecule has 1 rings (SSSR count). The summed E-state index contributed by atoms with van der Waals surface area (Å²) in [7, 11) is 0. The SMILES string of the molecule is CCCCCCCC(C)(CN)N1CCCCCC1. The van der Waals surface area contributed by atoms with E-state index in [9.17, 15) is 0 Å². The first-order chi connectivity index (χ1) is 8.73. The smallest absolute Gasteiger partial charge is 0.0303 e. The molecular weight excluding hydrogens is 220 g/mol. The largest absolute Gasteiger partial charge is 0.329 e. The third kappa shape index (κ3) is 5.27. The van der Waals surface area contributed by atoms with E-state index in [1.54, 1.807) is 0 Å². The van der Waals surface area contributed by atoms with Crippen LogP contribution < -0.4 is 5.73 Å². The molecule has 0 bridgehead atoms. The molecule has 2 N–H and O–H groups in total. The van der Waals surface area contributed by atoms with Crippen LogP contribution in [0.15, 0.2) is 0 Å². The summed E-state index contributed by atoms with van der Waals surface area (Å²) in [4.78, 5) is 2.68. The van der Waals surface area contributed by atoms with Crippen LogP contribution in [0.2, 0.25) is 0 Å². The molecule has 0 amide bonds. The quantitative estimate of drug-likeness (QED) is 0.665. The normalized spacial score (nSPS) is 21.5. The third-order valence-corrected chi connectivity index (χ3v) is 4.63. The van der Waals surface area contributed by atoms with Gasteiger partial charge in [-0.3, -0.25) is 4.90 Å². The molecule has 1 unspecified atom stereocenters. The standard InChI is InChI=1S/C16H34N2/c1-3-4-5-6-9-12-16(2,15-17)18-13-10-7-8-11-14-18/h3-15,17H2,1-2H3. The van der Waals surface area contributed by atoms with E-state index in [4.69, 9.17) is 5.73 Å². The van der Waals surface area contributed by atoms with Gasteiger partial charge in [0.2, 0.25) is 0 Å². The maximum absolute atomic E-state index is 6.09. The lowest BCUT2D eigenvalue weighted by molar-refractivity contribution is 0.103. The predicted molar refractivity (Wildman–Crippen MR) is 80.9 cm³/mol. The first-order valence-electron chi connectivity index (χ1n) is 8.18. The van der Waals surface area contributed by atoms with Gasteiger partial charge in [-0.15, -0.1) is 0 Å². The number of hydrogen-bond acceptors (Lipinski definition) is 2. The van der Waals surface area contributed by atoms with E-state index >= 15 is 0 Å². The Morgan fingerprint density at radius 2 is 1.56 bits per heavy atom. The van der Waals surface area contributed by atoms with Crippen LogP contribution in [0.25, 0.3) is 0 Å². The van der Waals surface area contributed by atoms with E-state index in [1.165, 1.54) is 77.3 Å². The maximum Gasteiger partial charge on any atom is 0.0303 e.